The fourth-order valence-corrected chi connectivity index (χ4v) is 2.61. The standard InChI is InChI=1S/C14H18BrNO/c1-17-14-7-4-12(15)9-11(14)8-10-2-5-13(16)6-3-10/h2,4,7,9,13H,3,5-6,8,16H2,1H3. The molecule has 0 spiro atoms. The maximum Gasteiger partial charge on any atom is 0.122 e. The molecule has 1 aromatic carbocycles. The largest absolute Gasteiger partial charge is 0.496 e. The number of halogens is 1. The van der Waals surface area contributed by atoms with Gasteiger partial charge in [0.25, 0.3) is 0 Å². The molecule has 1 aliphatic rings. The monoisotopic (exact) mass is 295 g/mol. The Kier molecular flexibility index (Phi) is 4.24. The molecule has 1 atom stereocenters. The van der Waals surface area contributed by atoms with Crippen molar-refractivity contribution in [3.8, 4) is 5.75 Å². The number of rotatable bonds is 3. The van der Waals surface area contributed by atoms with Gasteiger partial charge >= 0.3 is 0 Å². The number of benzene rings is 1. The van der Waals surface area contributed by atoms with Crippen LogP contribution in [0.3, 0.4) is 0 Å². The topological polar surface area (TPSA) is 35.2 Å². The van der Waals surface area contributed by atoms with Crippen LogP contribution in [-0.4, -0.2) is 13.2 Å². The Morgan fingerprint density at radius 3 is 2.94 bits per heavy atom. The SMILES string of the molecule is COc1ccc(Br)cc1CC1=CCC(N)CC1. The second kappa shape index (κ2) is 5.69. The third kappa shape index (κ3) is 3.33. The molecule has 2 nitrogen and oxygen atoms in total. The maximum absolute atomic E-state index is 5.89. The lowest BCUT2D eigenvalue weighted by Gasteiger charge is -2.19. The third-order valence-corrected chi connectivity index (χ3v) is 3.70. The Hall–Kier alpha value is -0.800. The molecule has 0 amide bonds. The summed E-state index contributed by atoms with van der Waals surface area (Å²) in [5.74, 6) is 0.962. The Morgan fingerprint density at radius 2 is 2.29 bits per heavy atom. The van der Waals surface area contributed by atoms with Crippen LogP contribution in [0.1, 0.15) is 24.8 Å². The molecule has 1 aliphatic carbocycles. The Labute approximate surface area is 111 Å². The van der Waals surface area contributed by atoms with E-state index in [4.69, 9.17) is 10.5 Å². The van der Waals surface area contributed by atoms with Crippen molar-refractivity contribution in [2.45, 2.75) is 31.7 Å². The van der Waals surface area contributed by atoms with Crippen LogP contribution >= 0.6 is 15.9 Å². The second-order valence-corrected chi connectivity index (χ2v) is 5.45. The fraction of sp³-hybridized carbons (Fsp3) is 0.429. The summed E-state index contributed by atoms with van der Waals surface area (Å²) < 4.78 is 6.49. The smallest absolute Gasteiger partial charge is 0.122 e. The van der Waals surface area contributed by atoms with Gasteiger partial charge in [-0.3, -0.25) is 0 Å². The van der Waals surface area contributed by atoms with Crippen LogP contribution in [0.5, 0.6) is 5.75 Å². The molecule has 1 aromatic rings. The molecule has 0 heterocycles. The van der Waals surface area contributed by atoms with Crippen LogP contribution in [0.2, 0.25) is 0 Å². The highest BCUT2D eigenvalue weighted by molar-refractivity contribution is 9.10. The lowest BCUT2D eigenvalue weighted by Crippen LogP contribution is -2.22. The molecule has 17 heavy (non-hydrogen) atoms. The highest BCUT2D eigenvalue weighted by Gasteiger charge is 2.12. The van der Waals surface area contributed by atoms with Crippen LogP contribution < -0.4 is 10.5 Å². The van der Waals surface area contributed by atoms with E-state index >= 15 is 0 Å². The predicted molar refractivity (Wildman–Crippen MR) is 74.3 cm³/mol. The van der Waals surface area contributed by atoms with E-state index in [1.54, 1.807) is 7.11 Å². The predicted octanol–water partition coefficient (Wildman–Crippen LogP) is 3.44. The van der Waals surface area contributed by atoms with Gasteiger partial charge in [-0.1, -0.05) is 27.6 Å². The summed E-state index contributed by atoms with van der Waals surface area (Å²) >= 11 is 3.50. The zero-order chi connectivity index (χ0) is 12.3. The van der Waals surface area contributed by atoms with Gasteiger partial charge in [0, 0.05) is 10.5 Å². The quantitative estimate of drug-likeness (QED) is 0.867. The summed E-state index contributed by atoms with van der Waals surface area (Å²) in [6.45, 7) is 0. The van der Waals surface area contributed by atoms with E-state index in [0.717, 1.165) is 35.9 Å². The molecule has 0 fully saturated rings. The second-order valence-electron chi connectivity index (χ2n) is 4.53. The van der Waals surface area contributed by atoms with Crippen LogP contribution in [0, 0.1) is 0 Å². The molecule has 2 rings (SSSR count). The van der Waals surface area contributed by atoms with Gasteiger partial charge in [-0.05, 0) is 49.4 Å². The zero-order valence-corrected chi connectivity index (χ0v) is 11.7. The van der Waals surface area contributed by atoms with E-state index in [2.05, 4.69) is 28.1 Å². The minimum atomic E-state index is 0.350. The molecule has 0 aromatic heterocycles. The van der Waals surface area contributed by atoms with Crippen molar-refractivity contribution >= 4 is 15.9 Å². The van der Waals surface area contributed by atoms with E-state index in [-0.39, 0.29) is 0 Å². The van der Waals surface area contributed by atoms with Crippen molar-refractivity contribution in [2.24, 2.45) is 5.73 Å². The summed E-state index contributed by atoms with van der Waals surface area (Å²) in [6, 6.07) is 6.50. The minimum Gasteiger partial charge on any atom is -0.496 e. The van der Waals surface area contributed by atoms with Gasteiger partial charge in [-0.2, -0.15) is 0 Å². The molecule has 0 aliphatic heterocycles. The molecule has 0 saturated carbocycles. The number of hydrogen-bond donors (Lipinski definition) is 1. The van der Waals surface area contributed by atoms with Gasteiger partial charge in [0.15, 0.2) is 0 Å². The molecular formula is C14H18BrNO. The van der Waals surface area contributed by atoms with Crippen molar-refractivity contribution in [3.05, 3.63) is 39.9 Å². The number of methoxy groups -OCH3 is 1. The Bertz CT molecular complexity index is 428. The van der Waals surface area contributed by atoms with Gasteiger partial charge in [-0.15, -0.1) is 0 Å². The average molecular weight is 296 g/mol. The molecule has 0 radical (unpaired) electrons. The van der Waals surface area contributed by atoms with Crippen molar-refractivity contribution in [1.82, 2.24) is 0 Å². The summed E-state index contributed by atoms with van der Waals surface area (Å²) in [6.07, 6.45) is 6.47. The van der Waals surface area contributed by atoms with Crippen LogP contribution in [0.15, 0.2) is 34.3 Å². The lowest BCUT2D eigenvalue weighted by atomic mass is 9.91. The molecule has 1 unspecified atom stereocenters. The van der Waals surface area contributed by atoms with Crippen molar-refractivity contribution in [2.75, 3.05) is 7.11 Å². The number of nitrogens with two attached hydrogens (primary N) is 1. The lowest BCUT2D eigenvalue weighted by molar-refractivity contribution is 0.410. The summed E-state index contributed by atoms with van der Waals surface area (Å²) in [4.78, 5) is 0. The minimum absolute atomic E-state index is 0.350. The van der Waals surface area contributed by atoms with Crippen molar-refractivity contribution in [3.63, 3.8) is 0 Å². The molecule has 2 N–H and O–H groups in total. The van der Waals surface area contributed by atoms with Crippen LogP contribution in [0.4, 0.5) is 0 Å². The number of ether oxygens (including phenoxy) is 1. The Morgan fingerprint density at radius 1 is 1.47 bits per heavy atom. The summed E-state index contributed by atoms with van der Waals surface area (Å²) in [7, 11) is 1.72. The van der Waals surface area contributed by atoms with Crippen molar-refractivity contribution < 1.29 is 4.74 Å². The molecule has 3 heteroatoms. The zero-order valence-electron chi connectivity index (χ0n) is 10.1. The molecular weight excluding hydrogens is 278 g/mol. The normalized spacial score (nSPS) is 19.9. The molecule has 92 valence electrons. The highest BCUT2D eigenvalue weighted by atomic mass is 79.9. The van der Waals surface area contributed by atoms with Crippen molar-refractivity contribution in [1.29, 1.82) is 0 Å². The van der Waals surface area contributed by atoms with Gasteiger partial charge < -0.3 is 10.5 Å². The molecule has 0 saturated heterocycles. The van der Waals surface area contributed by atoms with Gasteiger partial charge in [0.05, 0.1) is 7.11 Å². The van der Waals surface area contributed by atoms with Gasteiger partial charge in [0.1, 0.15) is 5.75 Å². The van der Waals surface area contributed by atoms with Crippen LogP contribution in [-0.2, 0) is 6.42 Å². The van der Waals surface area contributed by atoms with E-state index in [1.807, 2.05) is 12.1 Å². The summed E-state index contributed by atoms with van der Waals surface area (Å²) in [5.41, 5.74) is 8.61. The maximum atomic E-state index is 5.89. The van der Waals surface area contributed by atoms with E-state index in [1.165, 1.54) is 11.1 Å². The van der Waals surface area contributed by atoms with Gasteiger partial charge in [-0.25, -0.2) is 0 Å². The Balaban J connectivity index is 2.15. The fourth-order valence-electron chi connectivity index (χ4n) is 2.20. The van der Waals surface area contributed by atoms with E-state index in [9.17, 15) is 0 Å². The number of allylic oxidation sites excluding steroid dienone is 1. The third-order valence-electron chi connectivity index (χ3n) is 3.21. The van der Waals surface area contributed by atoms with Crippen LogP contribution in [0.25, 0.3) is 0 Å². The first kappa shape index (κ1) is 12.7. The average Bonchev–Trinajstić information content (AvgIpc) is 2.32. The van der Waals surface area contributed by atoms with E-state index in [0.29, 0.717) is 6.04 Å². The first-order valence-corrected chi connectivity index (χ1v) is 6.74. The van der Waals surface area contributed by atoms with E-state index < -0.39 is 0 Å². The summed E-state index contributed by atoms with van der Waals surface area (Å²) in [5, 5.41) is 0. The van der Waals surface area contributed by atoms with Gasteiger partial charge in [0.2, 0.25) is 0 Å². The molecule has 0 bridgehead atoms. The number of hydrogen-bond acceptors (Lipinski definition) is 2. The first-order chi connectivity index (χ1) is 8.19. The highest BCUT2D eigenvalue weighted by Crippen LogP contribution is 2.28. The first-order valence-electron chi connectivity index (χ1n) is 5.95.